The second-order valence-electron chi connectivity index (χ2n) is 7.27. The first-order valence-corrected chi connectivity index (χ1v) is 11.1. The molecule has 0 aromatic heterocycles. The molecular formula is C22H25N3O4S. The lowest BCUT2D eigenvalue weighted by molar-refractivity contribution is -0.114. The van der Waals surface area contributed by atoms with Crippen LogP contribution in [0.5, 0.6) is 0 Å². The van der Waals surface area contributed by atoms with Gasteiger partial charge < -0.3 is 10.2 Å². The zero-order valence-corrected chi connectivity index (χ0v) is 17.7. The number of likely N-dealkylation sites (tertiary alicyclic amines) is 1. The number of amides is 2. The molecule has 7 nitrogen and oxygen atoms in total. The number of anilines is 1. The van der Waals surface area contributed by atoms with E-state index in [4.69, 9.17) is 0 Å². The summed E-state index contributed by atoms with van der Waals surface area (Å²) in [5, 5.41) is 2.59. The molecule has 3 rings (SSSR count). The number of hydrogen-bond donors (Lipinski definition) is 2. The van der Waals surface area contributed by atoms with Crippen LogP contribution in [0.4, 0.5) is 5.69 Å². The minimum Gasteiger partial charge on any atom is -0.338 e. The van der Waals surface area contributed by atoms with E-state index in [1.54, 1.807) is 24.3 Å². The Labute approximate surface area is 176 Å². The number of piperidine rings is 1. The van der Waals surface area contributed by atoms with Crippen molar-refractivity contribution < 1.29 is 18.0 Å². The maximum Gasteiger partial charge on any atom is 0.253 e. The number of nitrogens with one attached hydrogen (secondary N) is 2. The molecule has 0 atom stereocenters. The lowest BCUT2D eigenvalue weighted by atomic mass is 10.0. The third-order valence-electron chi connectivity index (χ3n) is 4.91. The van der Waals surface area contributed by atoms with E-state index in [9.17, 15) is 18.0 Å². The topological polar surface area (TPSA) is 95.6 Å². The van der Waals surface area contributed by atoms with Gasteiger partial charge in [0.15, 0.2) is 0 Å². The summed E-state index contributed by atoms with van der Waals surface area (Å²) in [5.41, 5.74) is 3.03. The predicted molar refractivity (Wildman–Crippen MR) is 115 cm³/mol. The molecule has 1 saturated heterocycles. The molecule has 1 heterocycles. The monoisotopic (exact) mass is 427 g/mol. The van der Waals surface area contributed by atoms with Crippen LogP contribution < -0.4 is 10.0 Å². The molecule has 0 aliphatic carbocycles. The fraction of sp³-hybridized carbons (Fsp3) is 0.273. The highest BCUT2D eigenvalue weighted by atomic mass is 32.2. The summed E-state index contributed by atoms with van der Waals surface area (Å²) in [6, 6.07) is 12.9. The third kappa shape index (κ3) is 5.55. The first kappa shape index (κ1) is 21.7. The minimum atomic E-state index is -3.70. The van der Waals surface area contributed by atoms with E-state index in [-0.39, 0.29) is 23.3 Å². The van der Waals surface area contributed by atoms with Crippen LogP contribution >= 0.6 is 0 Å². The Morgan fingerprint density at radius 2 is 1.60 bits per heavy atom. The van der Waals surface area contributed by atoms with Crippen LogP contribution in [0.15, 0.2) is 65.6 Å². The molecule has 2 aromatic rings. The van der Waals surface area contributed by atoms with Crippen LogP contribution in [0.1, 0.15) is 35.7 Å². The fourth-order valence-electron chi connectivity index (χ4n) is 3.16. The van der Waals surface area contributed by atoms with Gasteiger partial charge in [0.25, 0.3) is 5.91 Å². The van der Waals surface area contributed by atoms with Gasteiger partial charge in [-0.2, -0.15) is 0 Å². The Hall–Kier alpha value is -2.97. The maximum atomic E-state index is 12.6. The molecule has 1 aliphatic heterocycles. The Morgan fingerprint density at radius 1 is 1.00 bits per heavy atom. The highest BCUT2D eigenvalue weighted by molar-refractivity contribution is 7.89. The summed E-state index contributed by atoms with van der Waals surface area (Å²) in [6.45, 7) is 6.81. The van der Waals surface area contributed by atoms with Gasteiger partial charge in [0, 0.05) is 37.8 Å². The van der Waals surface area contributed by atoms with Crippen molar-refractivity contribution in [2.24, 2.45) is 0 Å². The number of sulfonamides is 1. The van der Waals surface area contributed by atoms with Crippen LogP contribution in [-0.4, -0.2) is 38.2 Å². The van der Waals surface area contributed by atoms with Crippen molar-refractivity contribution in [3.8, 4) is 0 Å². The first-order chi connectivity index (χ1) is 14.2. The molecule has 0 radical (unpaired) electrons. The van der Waals surface area contributed by atoms with E-state index >= 15 is 0 Å². The molecule has 1 aliphatic rings. The standard InChI is InChI=1S/C22H25N3O4S/c1-16-11-13-25(14-12-16)22(27)19-5-3-18(4-6-19)15-23-30(28,29)21-9-7-20(8-10-21)24-17(2)26/h3-10,23H,1,11-15H2,2H3,(H,24,26). The molecule has 8 heteroatoms. The number of nitrogens with zero attached hydrogens (tertiary/aromatic N) is 1. The summed E-state index contributed by atoms with van der Waals surface area (Å²) >= 11 is 0. The average Bonchev–Trinajstić information content (AvgIpc) is 2.73. The number of rotatable bonds is 6. The molecular weight excluding hydrogens is 402 g/mol. The van der Waals surface area contributed by atoms with Gasteiger partial charge in [-0.25, -0.2) is 13.1 Å². The van der Waals surface area contributed by atoms with Crippen molar-refractivity contribution in [3.05, 3.63) is 71.8 Å². The van der Waals surface area contributed by atoms with Gasteiger partial charge in [-0.1, -0.05) is 24.3 Å². The van der Waals surface area contributed by atoms with Crippen molar-refractivity contribution >= 4 is 27.5 Å². The normalized spacial score (nSPS) is 14.4. The van der Waals surface area contributed by atoms with Gasteiger partial charge in [-0.3, -0.25) is 9.59 Å². The molecule has 2 aromatic carbocycles. The molecule has 2 N–H and O–H groups in total. The number of carbonyl (C=O) groups is 2. The van der Waals surface area contributed by atoms with E-state index in [0.29, 0.717) is 24.3 Å². The first-order valence-electron chi connectivity index (χ1n) is 9.67. The lowest BCUT2D eigenvalue weighted by Gasteiger charge is -2.28. The second-order valence-corrected chi connectivity index (χ2v) is 9.04. The Balaban J connectivity index is 1.59. The van der Waals surface area contributed by atoms with E-state index < -0.39 is 10.0 Å². The highest BCUT2D eigenvalue weighted by Crippen LogP contribution is 2.18. The van der Waals surface area contributed by atoms with Crippen LogP contribution in [0.3, 0.4) is 0 Å². The van der Waals surface area contributed by atoms with E-state index in [1.165, 1.54) is 36.8 Å². The van der Waals surface area contributed by atoms with Crippen molar-refractivity contribution in [2.75, 3.05) is 18.4 Å². The third-order valence-corrected chi connectivity index (χ3v) is 6.33. The SMILES string of the molecule is C=C1CCN(C(=O)c2ccc(CNS(=O)(=O)c3ccc(NC(C)=O)cc3)cc2)CC1. The molecule has 1 fully saturated rings. The highest BCUT2D eigenvalue weighted by Gasteiger charge is 2.19. The minimum absolute atomic E-state index is 0.0195. The Kier molecular flexibility index (Phi) is 6.69. The summed E-state index contributed by atoms with van der Waals surface area (Å²) in [4.78, 5) is 25.6. The van der Waals surface area contributed by atoms with Crippen molar-refractivity contribution in [1.82, 2.24) is 9.62 Å². The Bertz CT molecular complexity index is 1030. The second kappa shape index (κ2) is 9.23. The van der Waals surface area contributed by atoms with Crippen molar-refractivity contribution in [3.63, 3.8) is 0 Å². The van der Waals surface area contributed by atoms with Gasteiger partial charge in [0.05, 0.1) is 4.90 Å². The van der Waals surface area contributed by atoms with Gasteiger partial charge in [-0.05, 0) is 54.8 Å². The van der Waals surface area contributed by atoms with E-state index in [2.05, 4.69) is 16.6 Å². The van der Waals surface area contributed by atoms with E-state index in [1.807, 2.05) is 4.90 Å². The van der Waals surface area contributed by atoms with E-state index in [0.717, 1.165) is 18.4 Å². The summed E-state index contributed by atoms with van der Waals surface area (Å²) in [6.07, 6.45) is 1.66. The molecule has 0 unspecified atom stereocenters. The van der Waals surface area contributed by atoms with Gasteiger partial charge >= 0.3 is 0 Å². The summed E-state index contributed by atoms with van der Waals surface area (Å²) in [5.74, 6) is -0.245. The fourth-order valence-corrected chi connectivity index (χ4v) is 4.17. The quantitative estimate of drug-likeness (QED) is 0.693. The van der Waals surface area contributed by atoms with Crippen LogP contribution in [0.25, 0.3) is 0 Å². The number of benzene rings is 2. The van der Waals surface area contributed by atoms with Crippen molar-refractivity contribution in [2.45, 2.75) is 31.2 Å². The van der Waals surface area contributed by atoms with Crippen LogP contribution in [0.2, 0.25) is 0 Å². The smallest absolute Gasteiger partial charge is 0.253 e. The molecule has 30 heavy (non-hydrogen) atoms. The predicted octanol–water partition coefficient (Wildman–Crippen LogP) is 2.92. The van der Waals surface area contributed by atoms with Crippen molar-refractivity contribution in [1.29, 1.82) is 0 Å². The largest absolute Gasteiger partial charge is 0.338 e. The van der Waals surface area contributed by atoms with Gasteiger partial charge in [0.1, 0.15) is 0 Å². The molecule has 158 valence electrons. The summed E-state index contributed by atoms with van der Waals surface area (Å²) in [7, 11) is -3.70. The zero-order chi connectivity index (χ0) is 21.7. The lowest BCUT2D eigenvalue weighted by Crippen LogP contribution is -2.36. The zero-order valence-electron chi connectivity index (χ0n) is 16.8. The average molecular weight is 428 g/mol. The van der Waals surface area contributed by atoms with Crippen LogP contribution in [-0.2, 0) is 21.4 Å². The van der Waals surface area contributed by atoms with Crippen LogP contribution in [0, 0.1) is 0 Å². The molecule has 2 amide bonds. The molecule has 0 saturated carbocycles. The summed E-state index contributed by atoms with van der Waals surface area (Å²) < 4.78 is 27.5. The van der Waals surface area contributed by atoms with Gasteiger partial charge in [0.2, 0.25) is 15.9 Å². The maximum absolute atomic E-state index is 12.6. The number of carbonyl (C=O) groups excluding carboxylic acids is 2. The molecule has 0 bridgehead atoms. The van der Waals surface area contributed by atoms with Gasteiger partial charge in [-0.15, -0.1) is 0 Å². The number of hydrogen-bond acceptors (Lipinski definition) is 4. The Morgan fingerprint density at radius 3 is 2.17 bits per heavy atom. The molecule has 0 spiro atoms.